The fraction of sp³-hybridized carbons (Fsp3) is 0.357. The normalized spacial score (nSPS) is 12.6. The van der Waals surface area contributed by atoms with E-state index in [1.807, 2.05) is 13.8 Å². The molecule has 21 heavy (non-hydrogen) atoms. The third-order valence-corrected chi connectivity index (χ3v) is 3.46. The molecule has 7 heteroatoms. The Labute approximate surface area is 121 Å². The first kappa shape index (κ1) is 15.1. The molecule has 0 saturated heterocycles. The van der Waals surface area contributed by atoms with Gasteiger partial charge in [-0.3, -0.25) is 10.1 Å². The summed E-state index contributed by atoms with van der Waals surface area (Å²) in [4.78, 5) is 17.4. The number of rotatable bonds is 5. The van der Waals surface area contributed by atoms with E-state index in [1.54, 1.807) is 6.20 Å². The average Bonchev–Trinajstić information content (AvgIpc) is 2.88. The summed E-state index contributed by atoms with van der Waals surface area (Å²) in [5, 5.41) is 10.8. The fourth-order valence-electron chi connectivity index (χ4n) is 2.19. The van der Waals surface area contributed by atoms with Crippen molar-refractivity contribution in [2.24, 2.45) is 11.7 Å². The van der Waals surface area contributed by atoms with Gasteiger partial charge in [-0.05, 0) is 18.1 Å². The van der Waals surface area contributed by atoms with E-state index in [9.17, 15) is 14.5 Å². The third-order valence-electron chi connectivity index (χ3n) is 3.46. The van der Waals surface area contributed by atoms with Crippen LogP contribution in [0.25, 0.3) is 11.3 Å². The van der Waals surface area contributed by atoms with Crippen molar-refractivity contribution in [3.05, 3.63) is 46.2 Å². The third kappa shape index (κ3) is 3.08. The number of H-pyrrole nitrogens is 1. The largest absolute Gasteiger partial charge is 0.342 e. The first-order valence-corrected chi connectivity index (χ1v) is 6.63. The van der Waals surface area contributed by atoms with Crippen LogP contribution < -0.4 is 5.73 Å². The van der Waals surface area contributed by atoms with Gasteiger partial charge < -0.3 is 10.7 Å². The van der Waals surface area contributed by atoms with Crippen molar-refractivity contribution in [1.82, 2.24) is 9.97 Å². The second-order valence-electron chi connectivity index (χ2n) is 5.19. The second-order valence-corrected chi connectivity index (χ2v) is 5.19. The van der Waals surface area contributed by atoms with Crippen molar-refractivity contribution in [1.29, 1.82) is 0 Å². The molecule has 112 valence electrons. The Morgan fingerprint density at radius 2 is 2.19 bits per heavy atom. The molecule has 3 N–H and O–H groups in total. The van der Waals surface area contributed by atoms with Crippen LogP contribution in [-0.4, -0.2) is 21.4 Å². The maximum absolute atomic E-state index is 13.3. The second kappa shape index (κ2) is 6.01. The highest BCUT2D eigenvalue weighted by Gasteiger charge is 2.19. The summed E-state index contributed by atoms with van der Waals surface area (Å²) in [7, 11) is 0. The Bertz CT molecular complexity index is 654. The Morgan fingerprint density at radius 3 is 2.76 bits per heavy atom. The molecule has 0 spiro atoms. The number of aromatic nitrogens is 2. The molecule has 1 aromatic carbocycles. The predicted octanol–water partition coefficient (Wildman–Crippen LogP) is 2.82. The molecule has 1 heterocycles. The van der Waals surface area contributed by atoms with Gasteiger partial charge in [0.1, 0.15) is 5.82 Å². The molecule has 0 saturated carbocycles. The topological polar surface area (TPSA) is 97.8 Å². The number of hydrogen-bond acceptors (Lipinski definition) is 4. The summed E-state index contributed by atoms with van der Waals surface area (Å²) in [5.41, 5.74) is 6.30. The van der Waals surface area contributed by atoms with E-state index in [2.05, 4.69) is 9.97 Å². The van der Waals surface area contributed by atoms with E-state index in [4.69, 9.17) is 5.73 Å². The number of halogens is 1. The van der Waals surface area contributed by atoms with Gasteiger partial charge in [0.05, 0.1) is 16.8 Å². The molecule has 0 amide bonds. The number of nitrogens with two attached hydrogens (primary N) is 1. The Morgan fingerprint density at radius 1 is 1.48 bits per heavy atom. The van der Waals surface area contributed by atoms with Gasteiger partial charge in [-0.15, -0.1) is 0 Å². The lowest BCUT2D eigenvalue weighted by Crippen LogP contribution is -2.19. The van der Waals surface area contributed by atoms with E-state index < -0.39 is 16.4 Å². The molecule has 0 radical (unpaired) electrons. The van der Waals surface area contributed by atoms with Crippen molar-refractivity contribution in [2.75, 3.05) is 6.54 Å². The molecule has 2 aromatic rings. The lowest BCUT2D eigenvalue weighted by molar-refractivity contribution is -0.387. The summed E-state index contributed by atoms with van der Waals surface area (Å²) >= 11 is 0. The van der Waals surface area contributed by atoms with Crippen LogP contribution in [0.5, 0.6) is 0 Å². The molecule has 1 atom stereocenters. The lowest BCUT2D eigenvalue weighted by Gasteiger charge is -2.15. The summed E-state index contributed by atoms with van der Waals surface area (Å²) in [6.07, 6.45) is 1.58. The maximum Gasteiger partial charge on any atom is 0.305 e. The van der Waals surface area contributed by atoms with Crippen molar-refractivity contribution >= 4 is 5.69 Å². The van der Waals surface area contributed by atoms with Crippen molar-refractivity contribution in [2.45, 2.75) is 19.8 Å². The minimum absolute atomic E-state index is 0.0779. The number of hydrogen-bond donors (Lipinski definition) is 2. The highest BCUT2D eigenvalue weighted by molar-refractivity contribution is 5.62. The predicted molar refractivity (Wildman–Crippen MR) is 77.3 cm³/mol. The van der Waals surface area contributed by atoms with E-state index in [0.29, 0.717) is 23.7 Å². The zero-order chi connectivity index (χ0) is 15.6. The molecule has 6 nitrogen and oxygen atoms in total. The lowest BCUT2D eigenvalue weighted by atomic mass is 9.95. The summed E-state index contributed by atoms with van der Waals surface area (Å²) in [6, 6.07) is 3.75. The summed E-state index contributed by atoms with van der Waals surface area (Å²) in [6.45, 7) is 4.54. The van der Waals surface area contributed by atoms with Crippen LogP contribution >= 0.6 is 0 Å². The minimum atomic E-state index is -0.856. The molecule has 0 fully saturated rings. The quantitative estimate of drug-likeness (QED) is 0.654. The standard InChI is InChI=1S/C14H17FN4O2/c1-8(2)10(6-16)14-17-7-12(18-14)9-3-4-11(15)13(5-9)19(20)21/h3-5,7-8,10H,6,16H2,1-2H3,(H,17,18). The van der Waals surface area contributed by atoms with Crippen molar-refractivity contribution in [3.8, 4) is 11.3 Å². The van der Waals surface area contributed by atoms with Crippen LogP contribution in [0.1, 0.15) is 25.6 Å². The highest BCUT2D eigenvalue weighted by atomic mass is 19.1. The average molecular weight is 292 g/mol. The Balaban J connectivity index is 2.38. The van der Waals surface area contributed by atoms with E-state index in [0.717, 1.165) is 11.9 Å². The first-order valence-electron chi connectivity index (χ1n) is 6.63. The molecular formula is C14H17FN4O2. The van der Waals surface area contributed by atoms with Gasteiger partial charge in [0.15, 0.2) is 0 Å². The van der Waals surface area contributed by atoms with Gasteiger partial charge in [0.2, 0.25) is 5.82 Å². The minimum Gasteiger partial charge on any atom is -0.342 e. The molecule has 0 aliphatic carbocycles. The van der Waals surface area contributed by atoms with Crippen LogP contribution in [0.2, 0.25) is 0 Å². The van der Waals surface area contributed by atoms with Gasteiger partial charge in [0, 0.05) is 24.1 Å². The van der Waals surface area contributed by atoms with Crippen LogP contribution in [0.15, 0.2) is 24.4 Å². The number of benzene rings is 1. The molecule has 1 aromatic heterocycles. The zero-order valence-electron chi connectivity index (χ0n) is 11.8. The van der Waals surface area contributed by atoms with Crippen molar-refractivity contribution < 1.29 is 9.31 Å². The summed E-state index contributed by atoms with van der Waals surface area (Å²) < 4.78 is 13.3. The van der Waals surface area contributed by atoms with E-state index in [-0.39, 0.29) is 5.92 Å². The highest BCUT2D eigenvalue weighted by Crippen LogP contribution is 2.27. The number of nitrogens with zero attached hydrogens (tertiary/aromatic N) is 2. The number of nitrogens with one attached hydrogen (secondary N) is 1. The van der Waals surface area contributed by atoms with Crippen LogP contribution in [-0.2, 0) is 0 Å². The number of nitro groups is 1. The fourth-order valence-corrected chi connectivity index (χ4v) is 2.19. The number of imidazole rings is 1. The zero-order valence-corrected chi connectivity index (χ0v) is 11.8. The molecule has 2 rings (SSSR count). The molecule has 0 bridgehead atoms. The van der Waals surface area contributed by atoms with Crippen LogP contribution in [0.3, 0.4) is 0 Å². The monoisotopic (exact) mass is 292 g/mol. The van der Waals surface area contributed by atoms with E-state index >= 15 is 0 Å². The maximum atomic E-state index is 13.3. The molecular weight excluding hydrogens is 275 g/mol. The first-order chi connectivity index (χ1) is 9.93. The van der Waals surface area contributed by atoms with Crippen molar-refractivity contribution in [3.63, 3.8) is 0 Å². The van der Waals surface area contributed by atoms with E-state index in [1.165, 1.54) is 12.1 Å². The smallest absolute Gasteiger partial charge is 0.305 e. The van der Waals surface area contributed by atoms with Gasteiger partial charge in [-0.1, -0.05) is 13.8 Å². The molecule has 0 aliphatic rings. The van der Waals surface area contributed by atoms with Gasteiger partial charge in [-0.2, -0.15) is 4.39 Å². The van der Waals surface area contributed by atoms with Gasteiger partial charge in [0.25, 0.3) is 0 Å². The van der Waals surface area contributed by atoms with Crippen LogP contribution in [0.4, 0.5) is 10.1 Å². The molecule has 0 aliphatic heterocycles. The van der Waals surface area contributed by atoms with Gasteiger partial charge >= 0.3 is 5.69 Å². The summed E-state index contributed by atoms with van der Waals surface area (Å²) in [5.74, 6) is 0.269. The molecule has 1 unspecified atom stereocenters. The van der Waals surface area contributed by atoms with Gasteiger partial charge in [-0.25, -0.2) is 4.98 Å². The Kier molecular flexibility index (Phi) is 4.32. The number of nitro benzene ring substituents is 1. The number of aromatic amines is 1. The van der Waals surface area contributed by atoms with Crippen LogP contribution in [0, 0.1) is 21.8 Å². The Hall–Kier alpha value is -2.28. The SMILES string of the molecule is CC(C)C(CN)c1ncc(-c2ccc(F)c([N+](=O)[O-])c2)[nH]1.